The molecule has 2 atom stereocenters. The van der Waals surface area contributed by atoms with Crippen molar-refractivity contribution in [2.24, 2.45) is 0 Å². The molecule has 4 rings (SSSR count). The zero-order chi connectivity index (χ0) is 27.7. The van der Waals surface area contributed by atoms with Gasteiger partial charge >= 0.3 is 0 Å². The van der Waals surface area contributed by atoms with Gasteiger partial charge in [0.05, 0.1) is 11.0 Å². The van der Waals surface area contributed by atoms with E-state index in [4.69, 9.17) is 4.52 Å². The van der Waals surface area contributed by atoms with Crippen molar-refractivity contribution in [2.45, 2.75) is 49.7 Å². The third kappa shape index (κ3) is 7.93. The lowest BCUT2D eigenvalue weighted by Gasteiger charge is -2.12. The highest BCUT2D eigenvalue weighted by molar-refractivity contribution is 7.92. The van der Waals surface area contributed by atoms with Crippen molar-refractivity contribution in [3.63, 3.8) is 0 Å². The van der Waals surface area contributed by atoms with E-state index in [-0.39, 0.29) is 16.6 Å². The average Bonchev–Trinajstić information content (AvgIpc) is 3.46. The number of aromatic nitrogens is 3. The molecule has 2 aromatic carbocycles. The third-order valence-electron chi connectivity index (χ3n) is 6.18. The summed E-state index contributed by atoms with van der Waals surface area (Å²) in [6, 6.07) is 16.9. The number of aliphatic hydroxyl groups is 2. The highest BCUT2D eigenvalue weighted by Gasteiger charge is 2.18. The van der Waals surface area contributed by atoms with Crippen LogP contribution in [0.15, 0.2) is 82.5 Å². The van der Waals surface area contributed by atoms with Crippen LogP contribution in [0.1, 0.15) is 55.4 Å². The van der Waals surface area contributed by atoms with E-state index in [1.807, 2.05) is 25.1 Å². The fourth-order valence-corrected chi connectivity index (χ4v) is 4.97. The van der Waals surface area contributed by atoms with Gasteiger partial charge in [0.15, 0.2) is 0 Å². The molecule has 10 nitrogen and oxygen atoms in total. The van der Waals surface area contributed by atoms with Crippen LogP contribution in [0.5, 0.6) is 0 Å². The van der Waals surface area contributed by atoms with E-state index in [9.17, 15) is 18.6 Å². The zero-order valence-electron chi connectivity index (χ0n) is 21.7. The number of nitrogens with zero attached hydrogens (tertiary/aromatic N) is 3. The van der Waals surface area contributed by atoms with E-state index in [2.05, 4.69) is 25.2 Å². The lowest BCUT2D eigenvalue weighted by Crippen LogP contribution is -2.23. The SMILES string of the molecule is CCCCC(O)c1nc(-c2ccc(S(=O)(=O)Nc3ccc(CCNCC(O)c4cccnc4)cc3)cc2)no1. The smallest absolute Gasteiger partial charge is 0.261 e. The Morgan fingerprint density at radius 1 is 1.00 bits per heavy atom. The molecule has 2 unspecified atom stereocenters. The van der Waals surface area contributed by atoms with Gasteiger partial charge in [0, 0.05) is 35.8 Å². The minimum atomic E-state index is -3.80. The van der Waals surface area contributed by atoms with Gasteiger partial charge in [0.25, 0.3) is 15.9 Å². The number of rotatable bonds is 14. The van der Waals surface area contributed by atoms with Crippen LogP contribution in [0.2, 0.25) is 0 Å². The summed E-state index contributed by atoms with van der Waals surface area (Å²) in [6.07, 6.45) is 4.92. The standard InChI is InChI=1S/C28H33N5O5S/c1-2-3-6-25(34)28-31-27(32-38-28)21-9-13-24(14-10-21)39(36,37)33-23-11-7-20(8-12-23)15-17-30-19-26(35)22-5-4-16-29-18-22/h4-5,7-14,16,18,25-26,30,33-35H,2-3,6,15,17,19H2,1H3. The van der Waals surface area contributed by atoms with Gasteiger partial charge in [-0.1, -0.05) is 43.1 Å². The molecular formula is C28H33N5O5S. The van der Waals surface area contributed by atoms with Crippen LogP contribution >= 0.6 is 0 Å². The molecule has 0 spiro atoms. The molecule has 0 radical (unpaired) electrons. The first-order chi connectivity index (χ1) is 18.9. The van der Waals surface area contributed by atoms with Crippen molar-refractivity contribution in [3.8, 4) is 11.4 Å². The maximum atomic E-state index is 12.9. The first-order valence-electron chi connectivity index (χ1n) is 12.9. The Balaban J connectivity index is 1.28. The Labute approximate surface area is 228 Å². The molecule has 4 aromatic rings. The molecule has 206 valence electrons. The number of nitrogens with one attached hydrogen (secondary N) is 2. The number of hydrogen-bond acceptors (Lipinski definition) is 9. The summed E-state index contributed by atoms with van der Waals surface area (Å²) >= 11 is 0. The summed E-state index contributed by atoms with van der Waals surface area (Å²) in [4.78, 5) is 8.35. The second kappa shape index (κ2) is 13.4. The first-order valence-corrected chi connectivity index (χ1v) is 14.4. The Bertz CT molecular complexity index is 1410. The first kappa shape index (κ1) is 28.4. The molecule has 0 aliphatic heterocycles. The fraction of sp³-hybridized carbons (Fsp3) is 0.321. The van der Waals surface area contributed by atoms with Gasteiger partial charge in [-0.2, -0.15) is 4.98 Å². The number of anilines is 1. The molecule has 11 heteroatoms. The summed E-state index contributed by atoms with van der Waals surface area (Å²) in [5.74, 6) is 0.437. The summed E-state index contributed by atoms with van der Waals surface area (Å²) in [5.41, 5.74) is 2.83. The summed E-state index contributed by atoms with van der Waals surface area (Å²) in [6.45, 7) is 3.11. The van der Waals surface area contributed by atoms with Gasteiger partial charge in [-0.05, 0) is 67.4 Å². The van der Waals surface area contributed by atoms with Crippen LogP contribution in [0.3, 0.4) is 0 Å². The molecule has 0 aliphatic carbocycles. The molecule has 0 bridgehead atoms. The third-order valence-corrected chi connectivity index (χ3v) is 7.58. The Kier molecular flexibility index (Phi) is 9.77. The molecule has 0 amide bonds. The topological polar surface area (TPSA) is 150 Å². The highest BCUT2D eigenvalue weighted by atomic mass is 32.2. The zero-order valence-corrected chi connectivity index (χ0v) is 22.5. The summed E-state index contributed by atoms with van der Waals surface area (Å²) in [7, 11) is -3.80. The van der Waals surface area contributed by atoms with Crippen molar-refractivity contribution in [1.29, 1.82) is 0 Å². The number of pyridine rings is 1. The van der Waals surface area contributed by atoms with Crippen molar-refractivity contribution in [3.05, 3.63) is 90.1 Å². The van der Waals surface area contributed by atoms with Crippen LogP contribution in [-0.2, 0) is 16.4 Å². The maximum absolute atomic E-state index is 12.9. The number of aliphatic hydroxyl groups excluding tert-OH is 2. The molecule has 2 heterocycles. The molecule has 0 saturated carbocycles. The van der Waals surface area contributed by atoms with E-state index in [1.165, 1.54) is 12.1 Å². The Morgan fingerprint density at radius 3 is 2.46 bits per heavy atom. The van der Waals surface area contributed by atoms with E-state index in [0.29, 0.717) is 30.8 Å². The van der Waals surface area contributed by atoms with E-state index in [0.717, 1.165) is 30.4 Å². The monoisotopic (exact) mass is 551 g/mol. The van der Waals surface area contributed by atoms with Crippen molar-refractivity contribution in [1.82, 2.24) is 20.4 Å². The normalized spacial score (nSPS) is 13.2. The second-order valence-corrected chi connectivity index (χ2v) is 10.9. The van der Waals surface area contributed by atoms with E-state index in [1.54, 1.807) is 42.7 Å². The largest absolute Gasteiger partial charge is 0.387 e. The maximum Gasteiger partial charge on any atom is 0.261 e. The van der Waals surface area contributed by atoms with Gasteiger partial charge in [0.2, 0.25) is 5.82 Å². The molecule has 0 fully saturated rings. The molecule has 2 aromatic heterocycles. The molecule has 4 N–H and O–H groups in total. The number of benzene rings is 2. The van der Waals surface area contributed by atoms with E-state index >= 15 is 0 Å². The van der Waals surface area contributed by atoms with Crippen LogP contribution in [0.4, 0.5) is 5.69 Å². The fourth-order valence-electron chi connectivity index (χ4n) is 3.91. The van der Waals surface area contributed by atoms with Crippen molar-refractivity contribution < 1.29 is 23.2 Å². The summed E-state index contributed by atoms with van der Waals surface area (Å²) in [5, 5.41) is 27.4. The predicted octanol–water partition coefficient (Wildman–Crippen LogP) is 4.02. The Morgan fingerprint density at radius 2 is 1.77 bits per heavy atom. The molecular weight excluding hydrogens is 518 g/mol. The number of hydrogen-bond donors (Lipinski definition) is 4. The quantitative estimate of drug-likeness (QED) is 0.170. The molecule has 39 heavy (non-hydrogen) atoms. The predicted molar refractivity (Wildman–Crippen MR) is 147 cm³/mol. The lowest BCUT2D eigenvalue weighted by molar-refractivity contribution is 0.122. The van der Waals surface area contributed by atoms with Crippen LogP contribution in [0.25, 0.3) is 11.4 Å². The van der Waals surface area contributed by atoms with Crippen LogP contribution in [0, 0.1) is 0 Å². The van der Waals surface area contributed by atoms with Gasteiger partial charge < -0.3 is 20.1 Å². The van der Waals surface area contributed by atoms with Gasteiger partial charge in [-0.15, -0.1) is 0 Å². The highest BCUT2D eigenvalue weighted by Crippen LogP contribution is 2.24. The minimum absolute atomic E-state index is 0.0957. The second-order valence-electron chi connectivity index (χ2n) is 9.20. The Hall–Kier alpha value is -3.64. The van der Waals surface area contributed by atoms with Crippen LogP contribution in [-0.4, -0.2) is 46.8 Å². The van der Waals surface area contributed by atoms with Gasteiger partial charge in [-0.3, -0.25) is 9.71 Å². The van der Waals surface area contributed by atoms with Gasteiger partial charge in [0.1, 0.15) is 6.10 Å². The average molecular weight is 552 g/mol. The number of unbranched alkanes of at least 4 members (excludes halogenated alkanes) is 1. The van der Waals surface area contributed by atoms with E-state index < -0.39 is 22.2 Å². The van der Waals surface area contributed by atoms with Crippen molar-refractivity contribution in [2.75, 3.05) is 17.8 Å². The molecule has 0 aliphatic rings. The number of sulfonamides is 1. The van der Waals surface area contributed by atoms with Crippen LogP contribution < -0.4 is 10.0 Å². The minimum Gasteiger partial charge on any atom is -0.387 e. The lowest BCUT2D eigenvalue weighted by atomic mass is 10.1. The molecule has 0 saturated heterocycles. The van der Waals surface area contributed by atoms with Crippen molar-refractivity contribution >= 4 is 15.7 Å². The summed E-state index contributed by atoms with van der Waals surface area (Å²) < 4.78 is 33.5. The van der Waals surface area contributed by atoms with Gasteiger partial charge in [-0.25, -0.2) is 8.42 Å².